The van der Waals surface area contributed by atoms with Crippen LogP contribution in [0.5, 0.6) is 0 Å². The van der Waals surface area contributed by atoms with Crippen molar-refractivity contribution in [2.75, 3.05) is 0 Å². The molecule has 1 amide bonds. The molecular formula is C18H13ClF4N4O. The van der Waals surface area contributed by atoms with Crippen LogP contribution in [0.25, 0.3) is 5.69 Å². The van der Waals surface area contributed by atoms with Crippen molar-refractivity contribution in [2.24, 2.45) is 0 Å². The minimum atomic E-state index is -4.75. The topological polar surface area (TPSA) is 59.8 Å². The summed E-state index contributed by atoms with van der Waals surface area (Å²) in [6, 6.07) is 9.04. The van der Waals surface area contributed by atoms with Crippen molar-refractivity contribution in [1.29, 1.82) is 0 Å². The second-order valence-corrected chi connectivity index (χ2v) is 6.23. The molecule has 0 aliphatic heterocycles. The summed E-state index contributed by atoms with van der Waals surface area (Å²) in [6.45, 7) is 1.14. The van der Waals surface area contributed by atoms with Gasteiger partial charge in [-0.05, 0) is 36.8 Å². The molecule has 3 aromatic rings. The maximum Gasteiger partial charge on any atom is 0.416 e. The zero-order valence-corrected chi connectivity index (χ0v) is 15.1. The number of nitrogens with zero attached hydrogens (tertiary/aromatic N) is 3. The van der Waals surface area contributed by atoms with E-state index in [4.69, 9.17) is 11.6 Å². The molecule has 0 radical (unpaired) electrons. The number of para-hydroxylation sites is 1. The van der Waals surface area contributed by atoms with Crippen LogP contribution in [0.3, 0.4) is 0 Å². The normalized spacial score (nSPS) is 11.5. The van der Waals surface area contributed by atoms with Gasteiger partial charge in [0.2, 0.25) is 5.82 Å². The van der Waals surface area contributed by atoms with Gasteiger partial charge in [0.25, 0.3) is 5.91 Å². The second kappa shape index (κ2) is 7.59. The summed E-state index contributed by atoms with van der Waals surface area (Å²) >= 11 is 6.11. The van der Waals surface area contributed by atoms with E-state index in [1.165, 1.54) is 4.68 Å². The van der Waals surface area contributed by atoms with Gasteiger partial charge in [-0.25, -0.2) is 14.1 Å². The number of halogens is 5. The van der Waals surface area contributed by atoms with Crippen molar-refractivity contribution in [3.8, 4) is 5.69 Å². The molecule has 0 bridgehead atoms. The predicted octanol–water partition coefficient (Wildman–Crippen LogP) is 4.32. The molecule has 5 nitrogen and oxygen atoms in total. The van der Waals surface area contributed by atoms with Crippen LogP contribution < -0.4 is 5.32 Å². The zero-order valence-electron chi connectivity index (χ0n) is 14.4. The first-order chi connectivity index (χ1) is 13.2. The summed E-state index contributed by atoms with van der Waals surface area (Å²) in [5.74, 6) is -1.64. The number of rotatable bonds is 4. The molecule has 0 aliphatic rings. The van der Waals surface area contributed by atoms with Gasteiger partial charge in [-0.3, -0.25) is 4.79 Å². The number of amides is 1. The third-order valence-corrected chi connectivity index (χ3v) is 4.19. The van der Waals surface area contributed by atoms with Crippen molar-refractivity contribution in [3.63, 3.8) is 0 Å². The molecule has 1 heterocycles. The number of hydrogen-bond acceptors (Lipinski definition) is 3. The lowest BCUT2D eigenvalue weighted by Crippen LogP contribution is -2.25. The molecule has 146 valence electrons. The van der Waals surface area contributed by atoms with Crippen molar-refractivity contribution in [3.05, 3.63) is 76.1 Å². The van der Waals surface area contributed by atoms with E-state index in [1.54, 1.807) is 31.2 Å². The lowest BCUT2D eigenvalue weighted by atomic mass is 10.1. The molecule has 0 spiro atoms. The van der Waals surface area contributed by atoms with Gasteiger partial charge >= 0.3 is 6.18 Å². The minimum Gasteiger partial charge on any atom is -0.345 e. The van der Waals surface area contributed by atoms with E-state index in [9.17, 15) is 22.4 Å². The SMILES string of the molecule is Cc1nc(C(=O)NCc2ccc(F)cc2C(F)(F)F)nn1-c1ccccc1Cl. The highest BCUT2D eigenvalue weighted by molar-refractivity contribution is 6.32. The molecular weight excluding hydrogens is 400 g/mol. The molecule has 3 rings (SSSR count). The predicted molar refractivity (Wildman–Crippen MR) is 93.7 cm³/mol. The minimum absolute atomic E-state index is 0.229. The zero-order chi connectivity index (χ0) is 20.5. The van der Waals surface area contributed by atoms with Gasteiger partial charge in [0.1, 0.15) is 11.6 Å². The smallest absolute Gasteiger partial charge is 0.345 e. The summed E-state index contributed by atoms with van der Waals surface area (Å²) in [5, 5.41) is 6.78. The van der Waals surface area contributed by atoms with Gasteiger partial charge in [0.15, 0.2) is 0 Å². The highest BCUT2D eigenvalue weighted by Crippen LogP contribution is 2.32. The molecule has 10 heteroatoms. The molecule has 0 saturated carbocycles. The quantitative estimate of drug-likeness (QED) is 0.649. The van der Waals surface area contributed by atoms with E-state index in [2.05, 4.69) is 15.4 Å². The summed E-state index contributed by atoms with van der Waals surface area (Å²) < 4.78 is 53.6. The Hall–Kier alpha value is -2.94. The number of aromatic nitrogens is 3. The summed E-state index contributed by atoms with van der Waals surface area (Å²) in [4.78, 5) is 16.3. The first-order valence-electron chi connectivity index (χ1n) is 7.99. The van der Waals surface area contributed by atoms with Crippen LogP contribution in [0.1, 0.15) is 27.6 Å². The Morgan fingerprint density at radius 2 is 1.93 bits per heavy atom. The van der Waals surface area contributed by atoms with Crippen LogP contribution in [0.15, 0.2) is 42.5 Å². The van der Waals surface area contributed by atoms with Crippen molar-refractivity contribution in [2.45, 2.75) is 19.6 Å². The number of carbonyl (C=O) groups is 1. The van der Waals surface area contributed by atoms with Crippen molar-refractivity contribution < 1.29 is 22.4 Å². The number of hydrogen-bond donors (Lipinski definition) is 1. The van der Waals surface area contributed by atoms with Gasteiger partial charge in [0, 0.05) is 6.54 Å². The average Bonchev–Trinajstić information content (AvgIpc) is 3.01. The third-order valence-electron chi connectivity index (χ3n) is 3.87. The van der Waals surface area contributed by atoms with Crippen LogP contribution in [-0.2, 0) is 12.7 Å². The van der Waals surface area contributed by atoms with Crippen LogP contribution >= 0.6 is 11.6 Å². The molecule has 1 aromatic heterocycles. The lowest BCUT2D eigenvalue weighted by Gasteiger charge is -2.13. The van der Waals surface area contributed by atoms with E-state index in [-0.39, 0.29) is 11.4 Å². The molecule has 0 aliphatic carbocycles. The van der Waals surface area contributed by atoms with E-state index in [0.29, 0.717) is 22.6 Å². The molecule has 0 fully saturated rings. The number of nitrogens with one attached hydrogen (secondary N) is 1. The van der Waals surface area contributed by atoms with Gasteiger partial charge < -0.3 is 5.32 Å². The van der Waals surface area contributed by atoms with Crippen LogP contribution in [0.4, 0.5) is 17.6 Å². The van der Waals surface area contributed by atoms with Crippen molar-refractivity contribution >= 4 is 17.5 Å². The highest BCUT2D eigenvalue weighted by atomic mass is 35.5. The molecule has 1 N–H and O–H groups in total. The summed E-state index contributed by atoms with van der Waals surface area (Å²) in [5.41, 5.74) is -0.922. The molecule has 0 unspecified atom stereocenters. The Kier molecular flexibility index (Phi) is 5.37. The maximum absolute atomic E-state index is 13.2. The van der Waals surface area contributed by atoms with Gasteiger partial charge in [-0.1, -0.05) is 29.8 Å². The Balaban J connectivity index is 1.81. The number of benzene rings is 2. The summed E-state index contributed by atoms with van der Waals surface area (Å²) in [6.07, 6.45) is -4.75. The Morgan fingerprint density at radius 1 is 1.21 bits per heavy atom. The first kappa shape index (κ1) is 19.8. The standard InChI is InChI=1S/C18H13ClF4N4O/c1-10-25-16(26-27(10)15-5-3-2-4-14(15)19)17(28)24-9-11-6-7-12(20)8-13(11)18(21,22)23/h2-8H,9H2,1H3,(H,24,28). The largest absolute Gasteiger partial charge is 0.416 e. The summed E-state index contributed by atoms with van der Waals surface area (Å²) in [7, 11) is 0. The lowest BCUT2D eigenvalue weighted by molar-refractivity contribution is -0.138. The Labute approximate surface area is 162 Å². The van der Waals surface area contributed by atoms with E-state index in [0.717, 1.165) is 12.1 Å². The second-order valence-electron chi connectivity index (χ2n) is 5.83. The van der Waals surface area contributed by atoms with Gasteiger partial charge in [-0.15, -0.1) is 5.10 Å². The number of aryl methyl sites for hydroxylation is 1. The fraction of sp³-hybridized carbons (Fsp3) is 0.167. The van der Waals surface area contributed by atoms with Crippen LogP contribution in [0.2, 0.25) is 5.02 Å². The molecule has 0 saturated heterocycles. The molecule has 28 heavy (non-hydrogen) atoms. The monoisotopic (exact) mass is 412 g/mol. The van der Waals surface area contributed by atoms with Gasteiger partial charge in [0.05, 0.1) is 16.3 Å². The maximum atomic E-state index is 13.2. The van der Waals surface area contributed by atoms with Gasteiger partial charge in [-0.2, -0.15) is 13.2 Å². The number of carbonyl (C=O) groups excluding carboxylic acids is 1. The molecule has 2 aromatic carbocycles. The number of alkyl halides is 3. The molecule has 0 atom stereocenters. The van der Waals surface area contributed by atoms with E-state index in [1.807, 2.05) is 0 Å². The van der Waals surface area contributed by atoms with Crippen LogP contribution in [-0.4, -0.2) is 20.7 Å². The average molecular weight is 413 g/mol. The Morgan fingerprint density at radius 3 is 2.61 bits per heavy atom. The third kappa shape index (κ3) is 4.14. The van der Waals surface area contributed by atoms with E-state index < -0.39 is 30.0 Å². The Bertz CT molecular complexity index is 1030. The fourth-order valence-corrected chi connectivity index (χ4v) is 2.78. The fourth-order valence-electron chi connectivity index (χ4n) is 2.56. The van der Waals surface area contributed by atoms with Crippen molar-refractivity contribution in [1.82, 2.24) is 20.1 Å². The van der Waals surface area contributed by atoms with E-state index >= 15 is 0 Å². The highest BCUT2D eigenvalue weighted by Gasteiger charge is 2.33. The van der Waals surface area contributed by atoms with Crippen LogP contribution in [0, 0.1) is 12.7 Å². The first-order valence-corrected chi connectivity index (χ1v) is 8.37.